The highest BCUT2D eigenvalue weighted by atomic mass is 35.5. The Morgan fingerprint density at radius 3 is 2.59 bits per heavy atom. The molecule has 29 heavy (non-hydrogen) atoms. The minimum Gasteiger partial charge on any atom is -0.365 e. The number of hydrogen-bond donors (Lipinski definition) is 2. The molecule has 0 unspecified atom stereocenters. The van der Waals surface area contributed by atoms with Gasteiger partial charge in [-0.05, 0) is 55.4 Å². The zero-order chi connectivity index (χ0) is 20.8. The number of halogens is 1. The van der Waals surface area contributed by atoms with Gasteiger partial charge in [0.2, 0.25) is 5.28 Å². The number of nitrogens with one attached hydrogen (secondary N) is 2. The van der Waals surface area contributed by atoms with Crippen molar-refractivity contribution in [1.29, 1.82) is 0 Å². The third kappa shape index (κ3) is 5.65. The first-order valence-electron chi connectivity index (χ1n) is 9.77. The molecular formula is C21H26ClN5OS. The average Bonchev–Trinajstić information content (AvgIpc) is 3.09. The van der Waals surface area contributed by atoms with Crippen molar-refractivity contribution in [3.63, 3.8) is 0 Å². The molecule has 0 aliphatic carbocycles. The summed E-state index contributed by atoms with van der Waals surface area (Å²) in [6.45, 7) is 10.4. The van der Waals surface area contributed by atoms with Gasteiger partial charge in [-0.2, -0.15) is 0 Å². The second-order valence-electron chi connectivity index (χ2n) is 6.75. The monoisotopic (exact) mass is 431 g/mol. The third-order valence-electron chi connectivity index (χ3n) is 4.77. The molecule has 0 aliphatic heterocycles. The summed E-state index contributed by atoms with van der Waals surface area (Å²) in [5.41, 5.74) is 1.72. The fourth-order valence-corrected chi connectivity index (χ4v) is 4.18. The summed E-state index contributed by atoms with van der Waals surface area (Å²) in [5, 5.41) is 7.52. The molecule has 3 aromatic rings. The van der Waals surface area contributed by atoms with E-state index in [1.165, 1.54) is 0 Å². The third-order valence-corrected chi connectivity index (χ3v) is 5.89. The first-order valence-corrected chi connectivity index (χ1v) is 11.0. The van der Waals surface area contributed by atoms with E-state index in [-0.39, 0.29) is 11.2 Å². The minimum atomic E-state index is -0.0466. The Bertz CT molecular complexity index is 969. The lowest BCUT2D eigenvalue weighted by Crippen LogP contribution is -2.34. The summed E-state index contributed by atoms with van der Waals surface area (Å²) in [5.74, 6) is 0.678. The zero-order valence-electron chi connectivity index (χ0n) is 17.0. The van der Waals surface area contributed by atoms with Crippen molar-refractivity contribution in [1.82, 2.24) is 20.2 Å². The maximum absolute atomic E-state index is 12.3. The number of hydrogen-bond acceptors (Lipinski definition) is 6. The summed E-state index contributed by atoms with van der Waals surface area (Å²) in [4.78, 5) is 25.2. The number of carbonyl (C=O) groups is 1. The Hall–Kier alpha value is -2.22. The van der Waals surface area contributed by atoms with Crippen LogP contribution in [0.4, 0.5) is 5.82 Å². The number of fused-ring (bicyclic) bond motifs is 1. The number of benzene rings is 1. The number of likely N-dealkylation sites (N-methyl/N-ethyl adjacent to an activating group) is 1. The molecule has 1 aromatic carbocycles. The van der Waals surface area contributed by atoms with E-state index >= 15 is 0 Å². The maximum atomic E-state index is 12.3. The van der Waals surface area contributed by atoms with E-state index in [0.29, 0.717) is 18.7 Å². The van der Waals surface area contributed by atoms with Gasteiger partial charge in [0.25, 0.3) is 5.91 Å². The molecule has 154 valence electrons. The Balaban J connectivity index is 1.58. The largest absolute Gasteiger partial charge is 0.365 e. The van der Waals surface area contributed by atoms with Crippen LogP contribution < -0.4 is 10.6 Å². The SMILES string of the molecule is CCN(CC)CCNC(=O)c1ccc(CNc2nc(Cl)nc3sc(C)cc23)cc1. The lowest BCUT2D eigenvalue weighted by molar-refractivity contribution is 0.0949. The van der Waals surface area contributed by atoms with Crippen LogP contribution in [0, 0.1) is 6.92 Å². The number of amides is 1. The highest BCUT2D eigenvalue weighted by molar-refractivity contribution is 7.18. The van der Waals surface area contributed by atoms with Gasteiger partial charge in [0.1, 0.15) is 10.6 Å². The van der Waals surface area contributed by atoms with E-state index in [4.69, 9.17) is 11.6 Å². The fourth-order valence-electron chi connectivity index (χ4n) is 3.08. The molecule has 0 spiro atoms. The normalized spacial score (nSPS) is 11.2. The van der Waals surface area contributed by atoms with Crippen LogP contribution in [0.5, 0.6) is 0 Å². The predicted molar refractivity (Wildman–Crippen MR) is 121 cm³/mol. The van der Waals surface area contributed by atoms with Gasteiger partial charge in [-0.1, -0.05) is 26.0 Å². The van der Waals surface area contributed by atoms with Crippen molar-refractivity contribution in [2.75, 3.05) is 31.5 Å². The van der Waals surface area contributed by atoms with E-state index in [1.54, 1.807) is 11.3 Å². The molecular weight excluding hydrogens is 406 g/mol. The second-order valence-corrected chi connectivity index (χ2v) is 8.32. The summed E-state index contributed by atoms with van der Waals surface area (Å²) in [7, 11) is 0. The summed E-state index contributed by atoms with van der Waals surface area (Å²) in [6, 6.07) is 9.66. The maximum Gasteiger partial charge on any atom is 0.251 e. The highest BCUT2D eigenvalue weighted by Crippen LogP contribution is 2.29. The smallest absolute Gasteiger partial charge is 0.251 e. The van der Waals surface area contributed by atoms with Crippen molar-refractivity contribution in [2.24, 2.45) is 0 Å². The second kappa shape index (κ2) is 10.0. The van der Waals surface area contributed by atoms with Gasteiger partial charge >= 0.3 is 0 Å². The van der Waals surface area contributed by atoms with Crippen molar-refractivity contribution < 1.29 is 4.79 Å². The van der Waals surface area contributed by atoms with Gasteiger partial charge in [-0.3, -0.25) is 4.79 Å². The van der Waals surface area contributed by atoms with Crippen LogP contribution in [-0.2, 0) is 6.54 Å². The fraction of sp³-hybridized carbons (Fsp3) is 0.381. The molecule has 6 nitrogen and oxygen atoms in total. The predicted octanol–water partition coefficient (Wildman–Crippen LogP) is 4.34. The molecule has 0 bridgehead atoms. The minimum absolute atomic E-state index is 0.0466. The molecule has 0 saturated heterocycles. The Morgan fingerprint density at radius 1 is 1.17 bits per heavy atom. The molecule has 3 rings (SSSR count). The summed E-state index contributed by atoms with van der Waals surface area (Å²) < 4.78 is 0. The molecule has 2 aromatic heterocycles. The highest BCUT2D eigenvalue weighted by Gasteiger charge is 2.10. The Labute approximate surface area is 180 Å². The first kappa shape index (κ1) is 21.5. The van der Waals surface area contributed by atoms with Crippen molar-refractivity contribution in [2.45, 2.75) is 27.3 Å². The Kier molecular flexibility index (Phi) is 7.41. The number of thiophene rings is 1. The van der Waals surface area contributed by atoms with E-state index in [2.05, 4.69) is 45.4 Å². The number of carbonyl (C=O) groups excluding carboxylic acids is 1. The van der Waals surface area contributed by atoms with Crippen LogP contribution in [-0.4, -0.2) is 47.0 Å². The zero-order valence-corrected chi connectivity index (χ0v) is 18.5. The number of anilines is 1. The van der Waals surface area contributed by atoms with Crippen LogP contribution in [0.1, 0.15) is 34.6 Å². The average molecular weight is 432 g/mol. The van der Waals surface area contributed by atoms with E-state index < -0.39 is 0 Å². The first-order chi connectivity index (χ1) is 14.0. The lowest BCUT2D eigenvalue weighted by atomic mass is 10.1. The van der Waals surface area contributed by atoms with E-state index in [9.17, 15) is 4.79 Å². The molecule has 0 fully saturated rings. The quantitative estimate of drug-likeness (QED) is 0.493. The van der Waals surface area contributed by atoms with Crippen LogP contribution in [0.2, 0.25) is 5.28 Å². The van der Waals surface area contributed by atoms with E-state index in [0.717, 1.165) is 46.1 Å². The Morgan fingerprint density at radius 2 is 1.90 bits per heavy atom. The molecule has 0 aliphatic rings. The molecule has 2 heterocycles. The van der Waals surface area contributed by atoms with Crippen molar-refractivity contribution in [3.8, 4) is 0 Å². The molecule has 8 heteroatoms. The van der Waals surface area contributed by atoms with Crippen molar-refractivity contribution in [3.05, 3.63) is 51.6 Å². The summed E-state index contributed by atoms with van der Waals surface area (Å²) >= 11 is 7.64. The van der Waals surface area contributed by atoms with Gasteiger partial charge in [-0.25, -0.2) is 9.97 Å². The molecule has 0 radical (unpaired) electrons. The van der Waals surface area contributed by atoms with Gasteiger partial charge in [-0.15, -0.1) is 11.3 Å². The topological polar surface area (TPSA) is 70.2 Å². The van der Waals surface area contributed by atoms with Gasteiger partial charge < -0.3 is 15.5 Å². The van der Waals surface area contributed by atoms with E-state index in [1.807, 2.05) is 31.2 Å². The van der Waals surface area contributed by atoms with Crippen LogP contribution >= 0.6 is 22.9 Å². The molecule has 2 N–H and O–H groups in total. The van der Waals surface area contributed by atoms with Crippen LogP contribution in [0.25, 0.3) is 10.2 Å². The molecule has 0 saturated carbocycles. The number of rotatable bonds is 9. The standard InChI is InChI=1S/C21H26ClN5OS/c1-4-27(5-2)11-10-23-19(28)16-8-6-15(7-9-16)13-24-18-17-12-14(3)29-20(17)26-21(22)25-18/h6-9,12H,4-5,10-11,13H2,1-3H3,(H,23,28)(H,24,25,26). The number of nitrogens with zero attached hydrogens (tertiary/aromatic N) is 3. The molecule has 0 atom stereocenters. The van der Waals surface area contributed by atoms with Crippen LogP contribution in [0.3, 0.4) is 0 Å². The lowest BCUT2D eigenvalue weighted by Gasteiger charge is -2.18. The summed E-state index contributed by atoms with van der Waals surface area (Å²) in [6.07, 6.45) is 0. The number of aryl methyl sites for hydroxylation is 1. The molecule has 1 amide bonds. The number of aromatic nitrogens is 2. The van der Waals surface area contributed by atoms with Gasteiger partial charge in [0.05, 0.1) is 5.39 Å². The van der Waals surface area contributed by atoms with Crippen molar-refractivity contribution >= 4 is 44.9 Å². The van der Waals surface area contributed by atoms with Crippen LogP contribution in [0.15, 0.2) is 30.3 Å². The van der Waals surface area contributed by atoms with Gasteiger partial charge in [0.15, 0.2) is 0 Å². The van der Waals surface area contributed by atoms with Gasteiger partial charge in [0, 0.05) is 30.1 Å².